The number of amides is 2. The van der Waals surface area contributed by atoms with Crippen LogP contribution < -0.4 is 15.6 Å². The van der Waals surface area contributed by atoms with Crippen molar-refractivity contribution < 1.29 is 33.3 Å². The van der Waals surface area contributed by atoms with E-state index in [1.165, 1.54) is 22.0 Å². The molecule has 0 saturated carbocycles. The standard InChI is InChI=1S/C22H18FN7O5S3/c23-9-35-28-16(12-7-37-22(24)26-12)19(31)27-17-13-8-36-15(18(21(33)34)30(13)20(17)32)2-1-4-29-5-3-14-11(6-29)25-10-38-14/h1-3,5-7,10,13,17H,4,8-9H2,(H3-,24,26,27,31,33,34)/p+1/t13-,17+/m1/s1. The van der Waals surface area contributed by atoms with Crippen LogP contribution in [0.1, 0.15) is 5.69 Å². The van der Waals surface area contributed by atoms with E-state index >= 15 is 0 Å². The van der Waals surface area contributed by atoms with Gasteiger partial charge in [0.1, 0.15) is 22.9 Å². The molecule has 5 heterocycles. The van der Waals surface area contributed by atoms with Gasteiger partial charge in [-0.3, -0.25) is 14.5 Å². The van der Waals surface area contributed by atoms with Gasteiger partial charge < -0.3 is 21.0 Å². The predicted molar refractivity (Wildman–Crippen MR) is 139 cm³/mol. The van der Waals surface area contributed by atoms with Crippen LogP contribution in [0.3, 0.4) is 0 Å². The SMILES string of the molecule is Nc1nc(C(=NOCF)C(=O)N[C@@H]2C(=O)N3C(C(=O)O)=C(C=CC[n+]4ccc5scnc5c4)SC[C@H]23)cs1. The van der Waals surface area contributed by atoms with Crippen molar-refractivity contribution >= 4 is 73.3 Å². The molecule has 3 aromatic heterocycles. The third kappa shape index (κ3) is 4.97. The zero-order valence-corrected chi connectivity index (χ0v) is 21.8. The average Bonchev–Trinajstić information content (AvgIpc) is 3.55. The van der Waals surface area contributed by atoms with Crippen molar-refractivity contribution in [2.24, 2.45) is 5.16 Å². The number of halogens is 1. The molecule has 2 atom stereocenters. The van der Waals surface area contributed by atoms with Crippen LogP contribution in [0.15, 0.2) is 57.3 Å². The molecular formula is C22H19FN7O5S3+. The number of aliphatic carboxylic acids is 1. The number of hydrogen-bond donors (Lipinski definition) is 3. The van der Waals surface area contributed by atoms with Gasteiger partial charge in [0.2, 0.25) is 0 Å². The summed E-state index contributed by atoms with van der Waals surface area (Å²) in [4.78, 5) is 52.2. The minimum atomic E-state index is -1.27. The predicted octanol–water partition coefficient (Wildman–Crippen LogP) is 1.27. The Hall–Kier alpha value is -3.89. The lowest BCUT2D eigenvalue weighted by molar-refractivity contribution is -0.685. The second-order valence-corrected chi connectivity index (χ2v) is 10.8. The van der Waals surface area contributed by atoms with Crippen molar-refractivity contribution in [2.45, 2.75) is 18.6 Å². The van der Waals surface area contributed by atoms with Crippen LogP contribution in [0.4, 0.5) is 9.52 Å². The van der Waals surface area contributed by atoms with Crippen LogP contribution in [0.5, 0.6) is 0 Å². The van der Waals surface area contributed by atoms with Gasteiger partial charge in [0, 0.05) is 22.1 Å². The number of thioether (sulfide) groups is 1. The van der Waals surface area contributed by atoms with Crippen LogP contribution >= 0.6 is 34.4 Å². The highest BCUT2D eigenvalue weighted by Crippen LogP contribution is 2.39. The Labute approximate surface area is 226 Å². The Kier molecular flexibility index (Phi) is 7.35. The highest BCUT2D eigenvalue weighted by molar-refractivity contribution is 8.03. The van der Waals surface area contributed by atoms with Gasteiger partial charge in [-0.2, -0.15) is 4.57 Å². The first-order valence-electron chi connectivity index (χ1n) is 11.0. The van der Waals surface area contributed by atoms with Gasteiger partial charge in [0.05, 0.1) is 16.3 Å². The smallest absolute Gasteiger partial charge is 0.353 e. The number of allylic oxidation sites excluding steroid dienone is 2. The summed E-state index contributed by atoms with van der Waals surface area (Å²) < 4.78 is 15.5. The Morgan fingerprint density at radius 1 is 1.42 bits per heavy atom. The number of carbonyl (C=O) groups is 3. The van der Waals surface area contributed by atoms with Crippen molar-refractivity contribution in [3.8, 4) is 0 Å². The van der Waals surface area contributed by atoms with E-state index in [2.05, 4.69) is 25.3 Å². The zero-order valence-electron chi connectivity index (χ0n) is 19.3. The molecule has 0 radical (unpaired) electrons. The minimum Gasteiger partial charge on any atom is -0.477 e. The minimum absolute atomic E-state index is 0.0606. The maximum Gasteiger partial charge on any atom is 0.353 e. The van der Waals surface area contributed by atoms with E-state index in [1.54, 1.807) is 29.0 Å². The van der Waals surface area contributed by atoms with Crippen LogP contribution in [0.25, 0.3) is 10.2 Å². The number of nitrogens with one attached hydrogen (secondary N) is 1. The molecule has 38 heavy (non-hydrogen) atoms. The molecule has 12 nitrogen and oxygen atoms in total. The third-order valence-corrected chi connectivity index (χ3v) is 8.32. The molecule has 1 fully saturated rings. The molecule has 2 aliphatic rings. The molecule has 16 heteroatoms. The number of rotatable bonds is 9. The number of nitrogens with two attached hydrogens (primary N) is 1. The number of carboxylic acids is 1. The zero-order chi connectivity index (χ0) is 26.8. The molecule has 0 spiro atoms. The number of thiazole rings is 2. The summed E-state index contributed by atoms with van der Waals surface area (Å²) in [6.45, 7) is -0.794. The van der Waals surface area contributed by atoms with Crippen molar-refractivity contribution in [1.29, 1.82) is 0 Å². The number of aromatic nitrogens is 3. The van der Waals surface area contributed by atoms with Gasteiger partial charge in [-0.05, 0) is 12.2 Å². The van der Waals surface area contributed by atoms with Gasteiger partial charge in [-0.15, -0.1) is 34.4 Å². The molecule has 0 aromatic carbocycles. The molecule has 5 rings (SSSR count). The topological polar surface area (TPSA) is 164 Å². The third-order valence-electron chi connectivity index (χ3n) is 5.69. The number of hydrogen-bond acceptors (Lipinski definition) is 11. The first kappa shape index (κ1) is 25.7. The fraction of sp³-hybridized carbons (Fsp3) is 0.227. The fourth-order valence-corrected chi connectivity index (χ4v) is 6.39. The second kappa shape index (κ2) is 10.8. The van der Waals surface area contributed by atoms with E-state index in [4.69, 9.17) is 5.73 Å². The highest BCUT2D eigenvalue weighted by Gasteiger charge is 2.54. The average molecular weight is 577 g/mol. The number of carbonyl (C=O) groups excluding carboxylic acids is 2. The summed E-state index contributed by atoms with van der Waals surface area (Å²) in [6, 6.07) is 0.367. The first-order valence-corrected chi connectivity index (χ1v) is 13.7. The number of pyridine rings is 1. The number of anilines is 1. The maximum absolute atomic E-state index is 13.0. The summed E-state index contributed by atoms with van der Waals surface area (Å²) in [7, 11) is 0. The molecule has 2 aliphatic heterocycles. The van der Waals surface area contributed by atoms with Crippen LogP contribution in [-0.4, -0.2) is 68.2 Å². The summed E-state index contributed by atoms with van der Waals surface area (Å²) >= 11 is 3.86. The Morgan fingerprint density at radius 3 is 3.00 bits per heavy atom. The number of carboxylic acid groups (broad SMARTS) is 1. The molecule has 4 N–H and O–H groups in total. The van der Waals surface area contributed by atoms with Crippen LogP contribution in [0, 0.1) is 0 Å². The Bertz CT molecular complexity index is 1520. The van der Waals surface area contributed by atoms with E-state index in [0.717, 1.165) is 21.6 Å². The molecule has 0 unspecified atom stereocenters. The molecular weight excluding hydrogens is 557 g/mol. The van der Waals surface area contributed by atoms with E-state index in [-0.39, 0.29) is 22.2 Å². The normalized spacial score (nSPS) is 19.6. The highest BCUT2D eigenvalue weighted by atomic mass is 32.2. The number of oxime groups is 1. The van der Waals surface area contributed by atoms with Gasteiger partial charge in [0.25, 0.3) is 18.7 Å². The number of fused-ring (bicyclic) bond motifs is 2. The lowest BCUT2D eigenvalue weighted by Gasteiger charge is -2.49. The number of β-lactam (4-membered cyclic amide) rings is 1. The van der Waals surface area contributed by atoms with Crippen LogP contribution in [-0.2, 0) is 25.8 Å². The van der Waals surface area contributed by atoms with E-state index in [9.17, 15) is 23.9 Å². The molecule has 3 aromatic rings. The molecule has 0 aliphatic carbocycles. The van der Waals surface area contributed by atoms with Gasteiger partial charge in [0.15, 0.2) is 29.8 Å². The largest absolute Gasteiger partial charge is 0.477 e. The van der Waals surface area contributed by atoms with E-state index in [1.807, 2.05) is 23.0 Å². The lowest BCUT2D eigenvalue weighted by Crippen LogP contribution is -2.73. The summed E-state index contributed by atoms with van der Waals surface area (Å²) in [5.74, 6) is -2.32. The Morgan fingerprint density at radius 2 is 2.26 bits per heavy atom. The quantitative estimate of drug-likeness (QED) is 0.147. The van der Waals surface area contributed by atoms with Crippen molar-refractivity contribution in [3.63, 3.8) is 0 Å². The van der Waals surface area contributed by atoms with Crippen LogP contribution in [0.2, 0.25) is 0 Å². The van der Waals surface area contributed by atoms with Gasteiger partial charge in [-0.1, -0.05) is 5.16 Å². The number of nitrogen functional groups attached to an aromatic ring is 1. The maximum atomic E-state index is 13.0. The fourth-order valence-electron chi connectivity index (χ4n) is 3.99. The van der Waals surface area contributed by atoms with Crippen molar-refractivity contribution in [2.75, 3.05) is 18.3 Å². The van der Waals surface area contributed by atoms with E-state index < -0.39 is 36.7 Å². The lowest BCUT2D eigenvalue weighted by atomic mass is 9.94. The molecule has 0 bridgehead atoms. The van der Waals surface area contributed by atoms with Gasteiger partial charge >= 0.3 is 5.97 Å². The first-order chi connectivity index (χ1) is 18.4. The number of nitrogens with zero attached hydrogens (tertiary/aromatic N) is 5. The van der Waals surface area contributed by atoms with Gasteiger partial charge in [-0.25, -0.2) is 19.2 Å². The monoisotopic (exact) mass is 576 g/mol. The summed E-state index contributed by atoms with van der Waals surface area (Å²) in [5.41, 5.74) is 7.80. The number of alkyl halides is 1. The molecule has 196 valence electrons. The Balaban J connectivity index is 1.30. The van der Waals surface area contributed by atoms with Crippen molar-refractivity contribution in [1.82, 2.24) is 20.2 Å². The van der Waals surface area contributed by atoms with Crippen molar-refractivity contribution in [3.05, 3.63) is 57.8 Å². The second-order valence-electron chi connectivity index (χ2n) is 7.95. The summed E-state index contributed by atoms with van der Waals surface area (Å²) in [6.07, 6.45) is 7.28. The molecule has 1 saturated heterocycles. The molecule has 2 amide bonds. The van der Waals surface area contributed by atoms with E-state index in [0.29, 0.717) is 17.2 Å². The summed E-state index contributed by atoms with van der Waals surface area (Å²) in [5, 5.41) is 17.5.